The molecule has 3 aromatic rings. The summed E-state index contributed by atoms with van der Waals surface area (Å²) in [5, 5.41) is 0. The molecule has 2 heterocycles. The number of rotatable bonds is 5. The normalized spacial score (nSPS) is 13.8. The van der Waals surface area contributed by atoms with Gasteiger partial charge in [0.05, 0.1) is 0 Å². The van der Waals surface area contributed by atoms with Crippen molar-refractivity contribution in [3.05, 3.63) is 83.7 Å². The molecule has 0 saturated carbocycles. The van der Waals surface area contributed by atoms with Crippen LogP contribution in [0, 0.1) is 11.8 Å². The number of pyridine rings is 1. The molecule has 2 nitrogen and oxygen atoms in total. The summed E-state index contributed by atoms with van der Waals surface area (Å²) in [5.41, 5.74) is 6.52. The van der Waals surface area contributed by atoms with Gasteiger partial charge in [0.2, 0.25) is 0 Å². The molecule has 0 unspecified atom stereocenters. The van der Waals surface area contributed by atoms with E-state index in [0.29, 0.717) is 0 Å². The molecule has 0 atom stereocenters. The van der Waals surface area contributed by atoms with Crippen LogP contribution in [0.4, 0.5) is 0 Å². The molecule has 2 radical (unpaired) electrons. The molecule has 1 aliphatic heterocycles. The van der Waals surface area contributed by atoms with E-state index in [1.807, 2.05) is 36.5 Å². The van der Waals surface area contributed by atoms with E-state index in [1.165, 1.54) is 37.1 Å². The van der Waals surface area contributed by atoms with Crippen molar-refractivity contribution >= 4 is 13.3 Å². The maximum absolute atomic E-state index is 5.74. The van der Waals surface area contributed by atoms with Crippen molar-refractivity contribution in [1.29, 1.82) is 0 Å². The first-order chi connectivity index (χ1) is 14.3. The zero-order chi connectivity index (χ0) is 19.9. The highest BCUT2D eigenvalue weighted by molar-refractivity contribution is 6.32. The third-order valence-electron chi connectivity index (χ3n) is 5.39. The number of hydrogen-bond acceptors (Lipinski definition) is 2. The number of aromatic nitrogens is 1. The number of nitrogens with zero attached hydrogens (tertiary/aromatic N) is 2. The molecule has 1 fully saturated rings. The summed E-state index contributed by atoms with van der Waals surface area (Å²) < 4.78 is 0. The smallest absolute Gasteiger partial charge is 0.113 e. The Kier molecular flexibility index (Phi) is 6.44. The highest BCUT2D eigenvalue weighted by atomic mass is 15.1. The predicted molar refractivity (Wildman–Crippen MR) is 121 cm³/mol. The van der Waals surface area contributed by atoms with Crippen molar-refractivity contribution in [3.8, 4) is 23.0 Å². The summed E-state index contributed by atoms with van der Waals surface area (Å²) in [6.07, 6.45) is 6.37. The Hall–Kier alpha value is -2.83. The average Bonchev–Trinajstić information content (AvgIpc) is 3.27. The van der Waals surface area contributed by atoms with Crippen molar-refractivity contribution in [2.75, 3.05) is 13.1 Å². The van der Waals surface area contributed by atoms with Gasteiger partial charge in [0.1, 0.15) is 13.5 Å². The average molecular weight is 376 g/mol. The van der Waals surface area contributed by atoms with Crippen LogP contribution in [-0.4, -0.2) is 30.8 Å². The van der Waals surface area contributed by atoms with Gasteiger partial charge in [-0.25, -0.2) is 4.98 Å². The summed E-state index contributed by atoms with van der Waals surface area (Å²) in [6.45, 7) is 3.57. The lowest BCUT2D eigenvalue weighted by Crippen LogP contribution is -2.18. The van der Waals surface area contributed by atoms with Crippen molar-refractivity contribution in [2.45, 2.75) is 32.2 Å². The van der Waals surface area contributed by atoms with Crippen LogP contribution in [-0.2, 0) is 13.0 Å². The largest absolute Gasteiger partial charge is 0.299 e. The highest BCUT2D eigenvalue weighted by Crippen LogP contribution is 2.17. The van der Waals surface area contributed by atoms with Crippen molar-refractivity contribution in [2.24, 2.45) is 0 Å². The Morgan fingerprint density at radius 2 is 1.52 bits per heavy atom. The summed E-state index contributed by atoms with van der Waals surface area (Å²) in [6, 6.07) is 20.9. The van der Waals surface area contributed by atoms with Gasteiger partial charge in [-0.1, -0.05) is 66.0 Å². The van der Waals surface area contributed by atoms with Crippen LogP contribution in [0.2, 0.25) is 0 Å². The van der Waals surface area contributed by atoms with E-state index in [2.05, 4.69) is 52.1 Å². The fourth-order valence-corrected chi connectivity index (χ4v) is 3.68. The van der Waals surface area contributed by atoms with Crippen LogP contribution in [0.1, 0.15) is 36.1 Å². The Labute approximate surface area is 175 Å². The quantitative estimate of drug-likeness (QED) is 0.492. The minimum atomic E-state index is 0.769. The second kappa shape index (κ2) is 9.59. The molecule has 1 aromatic heterocycles. The van der Waals surface area contributed by atoms with Gasteiger partial charge >= 0.3 is 0 Å². The Morgan fingerprint density at radius 1 is 0.828 bits per heavy atom. The molecule has 2 aromatic carbocycles. The Balaban J connectivity index is 1.28. The molecule has 29 heavy (non-hydrogen) atoms. The molecule has 0 amide bonds. The monoisotopic (exact) mass is 376 g/mol. The molecular formula is C26H25BN2. The molecule has 3 heteroatoms. The van der Waals surface area contributed by atoms with Gasteiger partial charge in [0.25, 0.3) is 0 Å². The molecule has 4 rings (SSSR count). The van der Waals surface area contributed by atoms with Gasteiger partial charge in [-0.05, 0) is 61.0 Å². The summed E-state index contributed by atoms with van der Waals surface area (Å²) in [5.74, 6) is 6.43. The summed E-state index contributed by atoms with van der Waals surface area (Å²) in [4.78, 5) is 7.01. The van der Waals surface area contributed by atoms with E-state index in [-0.39, 0.29) is 0 Å². The lowest BCUT2D eigenvalue weighted by Gasteiger charge is -2.14. The van der Waals surface area contributed by atoms with Crippen molar-refractivity contribution in [1.82, 2.24) is 9.88 Å². The first-order valence-corrected chi connectivity index (χ1v) is 10.4. The predicted octanol–water partition coefficient (Wildman–Crippen LogP) is 4.12. The third kappa shape index (κ3) is 5.59. The minimum Gasteiger partial charge on any atom is -0.299 e. The second-order valence-corrected chi connectivity index (χ2v) is 7.66. The maximum Gasteiger partial charge on any atom is 0.113 e. The molecule has 1 aliphatic rings. The van der Waals surface area contributed by atoms with Crippen LogP contribution in [0.25, 0.3) is 11.1 Å². The van der Waals surface area contributed by atoms with Crippen LogP contribution in [0.3, 0.4) is 0 Å². The number of likely N-dealkylation sites (tertiary alicyclic amines) is 1. The molecule has 0 aliphatic carbocycles. The fourth-order valence-electron chi connectivity index (χ4n) is 3.68. The first-order valence-electron chi connectivity index (χ1n) is 10.4. The first kappa shape index (κ1) is 19.5. The zero-order valence-electron chi connectivity index (χ0n) is 16.8. The Bertz CT molecular complexity index is 974. The number of benzene rings is 2. The SMILES string of the molecule is [B]c1ccc(-c2ccc(C#CCCc3ccc(CN4CCCC4)cc3)nc2)cc1. The standard InChI is InChI=1S/C26H25BN2/c27-25-14-11-23(12-15-25)24-13-16-26(28-19-24)6-2-1-5-21-7-9-22(10-8-21)20-29-17-3-4-18-29/h7-16,19H,1,3-5,17-18,20H2. The molecular weight excluding hydrogens is 351 g/mol. The molecule has 0 N–H and O–H groups in total. The zero-order valence-corrected chi connectivity index (χ0v) is 16.8. The van der Waals surface area contributed by atoms with E-state index in [9.17, 15) is 0 Å². The molecule has 142 valence electrons. The van der Waals surface area contributed by atoms with Crippen molar-refractivity contribution < 1.29 is 0 Å². The molecule has 1 saturated heterocycles. The lowest BCUT2D eigenvalue weighted by atomic mass is 9.94. The maximum atomic E-state index is 5.74. The van der Waals surface area contributed by atoms with Crippen LogP contribution >= 0.6 is 0 Å². The van der Waals surface area contributed by atoms with Gasteiger partial charge in [-0.2, -0.15) is 0 Å². The summed E-state index contributed by atoms with van der Waals surface area (Å²) in [7, 11) is 5.74. The van der Waals surface area contributed by atoms with Crippen LogP contribution < -0.4 is 5.46 Å². The highest BCUT2D eigenvalue weighted by Gasteiger charge is 2.11. The summed E-state index contributed by atoms with van der Waals surface area (Å²) >= 11 is 0. The van der Waals surface area contributed by atoms with Gasteiger partial charge in [-0.15, -0.1) is 0 Å². The second-order valence-electron chi connectivity index (χ2n) is 7.66. The topological polar surface area (TPSA) is 16.1 Å². The van der Waals surface area contributed by atoms with Crippen LogP contribution in [0.15, 0.2) is 66.9 Å². The van der Waals surface area contributed by atoms with Crippen LogP contribution in [0.5, 0.6) is 0 Å². The van der Waals surface area contributed by atoms with E-state index in [4.69, 9.17) is 7.85 Å². The van der Waals surface area contributed by atoms with E-state index in [1.54, 1.807) is 0 Å². The Morgan fingerprint density at radius 3 is 2.21 bits per heavy atom. The minimum absolute atomic E-state index is 0.769. The lowest BCUT2D eigenvalue weighted by molar-refractivity contribution is 0.331. The van der Waals surface area contributed by atoms with Gasteiger partial charge in [0, 0.05) is 24.7 Å². The van der Waals surface area contributed by atoms with Gasteiger partial charge in [0.15, 0.2) is 0 Å². The number of aryl methyl sites for hydroxylation is 1. The van der Waals surface area contributed by atoms with E-state index >= 15 is 0 Å². The fraction of sp³-hybridized carbons (Fsp3) is 0.269. The van der Waals surface area contributed by atoms with Gasteiger partial charge in [-0.3, -0.25) is 4.90 Å². The van der Waals surface area contributed by atoms with Gasteiger partial charge < -0.3 is 0 Å². The van der Waals surface area contributed by atoms with E-state index in [0.717, 1.165) is 41.7 Å². The molecule has 0 spiro atoms. The number of hydrogen-bond donors (Lipinski definition) is 0. The third-order valence-corrected chi connectivity index (χ3v) is 5.39. The molecule has 0 bridgehead atoms. The van der Waals surface area contributed by atoms with Crippen molar-refractivity contribution in [3.63, 3.8) is 0 Å². The van der Waals surface area contributed by atoms with E-state index < -0.39 is 0 Å².